The van der Waals surface area contributed by atoms with Crippen molar-refractivity contribution in [3.8, 4) is 6.01 Å². The van der Waals surface area contributed by atoms with Gasteiger partial charge in [-0.1, -0.05) is 165 Å². The van der Waals surface area contributed by atoms with Crippen molar-refractivity contribution in [3.05, 3.63) is 70.2 Å². The number of phosphoric ester groups is 1. The summed E-state index contributed by atoms with van der Waals surface area (Å²) in [5.41, 5.74) is 7.24. The molecule has 1 unspecified atom stereocenters. The Labute approximate surface area is 447 Å². The van der Waals surface area contributed by atoms with E-state index in [9.17, 15) is 28.6 Å². The molecule has 2 aromatic heterocycles. The quantitative estimate of drug-likeness (QED) is 0.0119. The minimum absolute atomic E-state index is 0.00294. The molecule has 17 nitrogen and oxygen atoms in total. The normalized spacial score (nSPS) is 12.6. The Kier molecular flexibility index (Phi) is 34.9. The molecule has 0 aliphatic rings. The summed E-state index contributed by atoms with van der Waals surface area (Å²) in [6.07, 6.45) is 37.1. The second-order valence-electron chi connectivity index (χ2n) is 19.3. The van der Waals surface area contributed by atoms with Gasteiger partial charge >= 0.3 is 31.5 Å². The van der Waals surface area contributed by atoms with Crippen LogP contribution in [-0.4, -0.2) is 82.0 Å². The lowest BCUT2D eigenvalue weighted by atomic mass is 10.0. The van der Waals surface area contributed by atoms with E-state index in [-0.39, 0.29) is 74.2 Å². The summed E-state index contributed by atoms with van der Waals surface area (Å²) in [5, 5.41) is 0. The Morgan fingerprint density at radius 1 is 0.653 bits per heavy atom. The van der Waals surface area contributed by atoms with Crippen molar-refractivity contribution in [2.45, 2.75) is 219 Å². The number of aromatic amines is 1. The summed E-state index contributed by atoms with van der Waals surface area (Å²) in [7, 11) is -3.17. The van der Waals surface area contributed by atoms with Crippen LogP contribution in [0.3, 0.4) is 0 Å². The molecule has 0 amide bonds. The number of carbonyl (C=O) groups is 3. The monoisotopic (exact) mass is 1070 g/mol. The molecule has 1 atom stereocenters. The first kappa shape index (κ1) is 64.6. The number of Topliss-reactive ketones (excluding diaryl/α,β-unsaturated/α-hetero) is 1. The minimum Gasteiger partial charge on any atom is -0.461 e. The molecular formula is C57H92N5O12P. The highest BCUT2D eigenvalue weighted by atomic mass is 31.2. The Hall–Kier alpha value is -4.67. The maximum absolute atomic E-state index is 13.0. The molecule has 0 fully saturated rings. The number of methoxy groups -OCH3 is 1. The van der Waals surface area contributed by atoms with Gasteiger partial charge in [0, 0.05) is 31.9 Å². The molecule has 0 spiro atoms. The van der Waals surface area contributed by atoms with Crippen LogP contribution in [0.25, 0.3) is 11.2 Å². The van der Waals surface area contributed by atoms with Crippen molar-refractivity contribution in [1.29, 1.82) is 0 Å². The van der Waals surface area contributed by atoms with Crippen LogP contribution in [0.4, 0.5) is 5.82 Å². The number of imidazole rings is 1. The lowest BCUT2D eigenvalue weighted by Gasteiger charge is -2.20. The van der Waals surface area contributed by atoms with Gasteiger partial charge in [-0.25, -0.2) is 9.36 Å². The molecule has 0 saturated carbocycles. The molecule has 1 aromatic carbocycles. The number of carbonyl (C=O) groups excluding carboxylic acids is 3. The van der Waals surface area contributed by atoms with Gasteiger partial charge in [-0.05, 0) is 76.2 Å². The number of nitrogens with one attached hydrogen (secondary N) is 1. The van der Waals surface area contributed by atoms with Crippen molar-refractivity contribution in [3.63, 3.8) is 0 Å². The van der Waals surface area contributed by atoms with E-state index in [1.807, 2.05) is 0 Å². The van der Waals surface area contributed by atoms with Crippen LogP contribution >= 0.6 is 7.82 Å². The van der Waals surface area contributed by atoms with Gasteiger partial charge in [-0.3, -0.25) is 28.0 Å². The van der Waals surface area contributed by atoms with Crippen LogP contribution in [0.1, 0.15) is 222 Å². The Balaban J connectivity index is 1.41. The fourth-order valence-corrected chi connectivity index (χ4v) is 9.11. The number of anilines is 1. The molecule has 4 N–H and O–H groups in total. The molecule has 422 valence electrons. The molecule has 0 aliphatic heterocycles. The average molecular weight is 1070 g/mol. The number of hydrogen-bond acceptors (Lipinski definition) is 14. The number of benzene rings is 1. The van der Waals surface area contributed by atoms with Crippen LogP contribution < -0.4 is 16.2 Å². The van der Waals surface area contributed by atoms with Crippen molar-refractivity contribution < 1.29 is 51.8 Å². The van der Waals surface area contributed by atoms with Crippen LogP contribution in [0.5, 0.6) is 6.01 Å². The first-order chi connectivity index (χ1) is 36.5. The number of nitrogens with zero attached hydrogens (tertiary/aromatic N) is 3. The highest BCUT2D eigenvalue weighted by molar-refractivity contribution is 7.47. The Morgan fingerprint density at radius 2 is 1.15 bits per heavy atom. The predicted octanol–water partition coefficient (Wildman–Crippen LogP) is 13.4. The molecule has 75 heavy (non-hydrogen) atoms. The first-order valence-electron chi connectivity index (χ1n) is 28.3. The number of phosphoric acid groups is 1. The third-order valence-electron chi connectivity index (χ3n) is 12.8. The number of hydrogen-bond donors (Lipinski definition) is 3. The van der Waals surface area contributed by atoms with E-state index in [0.29, 0.717) is 30.6 Å². The minimum atomic E-state index is -4.71. The van der Waals surface area contributed by atoms with E-state index < -0.39 is 38.3 Å². The smallest absolute Gasteiger partial charge is 0.461 e. The molecule has 3 rings (SSSR count). The Morgan fingerprint density at radius 3 is 1.65 bits per heavy atom. The highest BCUT2D eigenvalue weighted by Gasteiger charge is 2.27. The summed E-state index contributed by atoms with van der Waals surface area (Å²) in [6.45, 7) is 4.10. The third-order valence-corrected chi connectivity index (χ3v) is 13.7. The van der Waals surface area contributed by atoms with Gasteiger partial charge in [0.25, 0.3) is 6.29 Å². The summed E-state index contributed by atoms with van der Waals surface area (Å²) >= 11 is 0. The standard InChI is InChI=1S/C57H92N5O12P/c1-4-6-8-10-12-14-16-18-20-22-24-26-28-30-32-36-50(64)73-52(74-51(65)37-33-31-29-27-25-23-21-19-17-15-13-11-9-7-5-2)46-72-75(67,68)71-42-34-35-49(63)48-40-38-47(39-41-48)45-62-55-53(59-57(62)66)54(58)60-56(61-55)70-44-43-69-3/h18-21,38-41,52H,4-17,22-37,42-46H2,1-3H3,(H,59,66)(H,67,68)(H2,58,60,61)/b20-18-,21-19-. The van der Waals surface area contributed by atoms with Gasteiger partial charge in [0.05, 0.1) is 19.8 Å². The first-order valence-corrected chi connectivity index (χ1v) is 29.8. The zero-order valence-corrected chi connectivity index (χ0v) is 46.6. The number of fused-ring (bicyclic) bond motifs is 1. The number of esters is 2. The number of aromatic nitrogens is 4. The highest BCUT2D eigenvalue weighted by Crippen LogP contribution is 2.43. The average Bonchev–Trinajstić information content (AvgIpc) is 3.71. The maximum atomic E-state index is 13.0. The number of ether oxygens (including phenoxy) is 4. The molecule has 3 aromatic rings. The number of rotatable bonds is 47. The zero-order chi connectivity index (χ0) is 54.2. The number of unbranched alkanes of at least 4 members (excludes halogenated alkanes) is 22. The van der Waals surface area contributed by atoms with Gasteiger partial charge in [-0.2, -0.15) is 9.97 Å². The van der Waals surface area contributed by atoms with Gasteiger partial charge in [0.1, 0.15) is 18.7 Å². The summed E-state index contributed by atoms with van der Waals surface area (Å²) in [6, 6.07) is 6.67. The largest absolute Gasteiger partial charge is 0.472 e. The SMILES string of the molecule is CCCCCCCC/C=C\CCCCCCCC(=O)OC(COP(=O)(O)OCCCC(=O)c1ccc(Cn2c(=O)[nH]c3c(N)nc(OCCOC)nc32)cc1)OC(=O)CCCCCCC/C=C\CCCCCCCC. The fourth-order valence-electron chi connectivity index (χ4n) is 8.37. The number of allylic oxidation sites excluding steroid dienone is 4. The topological polar surface area (TPSA) is 233 Å². The summed E-state index contributed by atoms with van der Waals surface area (Å²) < 4.78 is 46.0. The number of H-pyrrole nitrogens is 1. The third kappa shape index (κ3) is 30.0. The molecule has 0 saturated heterocycles. The second-order valence-corrected chi connectivity index (χ2v) is 20.8. The van der Waals surface area contributed by atoms with Crippen molar-refractivity contribution in [2.24, 2.45) is 0 Å². The lowest BCUT2D eigenvalue weighted by molar-refractivity contribution is -0.193. The van der Waals surface area contributed by atoms with Crippen molar-refractivity contribution in [1.82, 2.24) is 19.5 Å². The number of ketones is 1. The van der Waals surface area contributed by atoms with E-state index in [2.05, 4.69) is 53.1 Å². The van der Waals surface area contributed by atoms with E-state index in [1.165, 1.54) is 88.7 Å². The maximum Gasteiger partial charge on any atom is 0.472 e. The van der Waals surface area contributed by atoms with Crippen LogP contribution in [0.2, 0.25) is 0 Å². The van der Waals surface area contributed by atoms with Crippen LogP contribution in [0.15, 0.2) is 53.4 Å². The zero-order valence-electron chi connectivity index (χ0n) is 45.7. The van der Waals surface area contributed by atoms with Crippen molar-refractivity contribution >= 4 is 42.5 Å². The number of nitrogens with two attached hydrogens (primary N) is 1. The van der Waals surface area contributed by atoms with Gasteiger partial charge in [0.15, 0.2) is 17.2 Å². The molecule has 18 heteroatoms. The van der Waals surface area contributed by atoms with Crippen molar-refractivity contribution in [2.75, 3.05) is 39.3 Å². The van der Waals surface area contributed by atoms with Gasteiger partial charge < -0.3 is 34.6 Å². The van der Waals surface area contributed by atoms with Crippen LogP contribution in [-0.2, 0) is 44.0 Å². The molecule has 0 aliphatic carbocycles. The summed E-state index contributed by atoms with van der Waals surface area (Å²) in [4.78, 5) is 73.3. The molecule has 0 radical (unpaired) electrons. The Bertz CT molecular complexity index is 2140. The molecule has 0 bridgehead atoms. The van der Waals surface area contributed by atoms with Crippen LogP contribution in [0, 0.1) is 0 Å². The number of nitrogen functional groups attached to an aromatic ring is 1. The molecule has 2 heterocycles. The second kappa shape index (κ2) is 40.6. The van der Waals surface area contributed by atoms with E-state index in [0.717, 1.165) is 77.0 Å². The van der Waals surface area contributed by atoms with Gasteiger partial charge in [-0.15, -0.1) is 0 Å². The van der Waals surface area contributed by atoms with Gasteiger partial charge in [0.2, 0.25) is 0 Å². The van der Waals surface area contributed by atoms with E-state index in [1.54, 1.807) is 24.3 Å². The van der Waals surface area contributed by atoms with E-state index >= 15 is 0 Å². The fraction of sp³-hybridized carbons (Fsp3) is 0.684. The summed E-state index contributed by atoms with van der Waals surface area (Å²) in [5.74, 6) is -1.38. The lowest BCUT2D eigenvalue weighted by Crippen LogP contribution is -2.29. The van der Waals surface area contributed by atoms with E-state index in [4.69, 9.17) is 33.7 Å². The molecular weight excluding hydrogens is 978 g/mol. The predicted molar refractivity (Wildman–Crippen MR) is 296 cm³/mol.